The van der Waals surface area contributed by atoms with Crippen LogP contribution in [-0.2, 0) is 0 Å². The summed E-state index contributed by atoms with van der Waals surface area (Å²) in [5, 5.41) is 0. The van der Waals surface area contributed by atoms with Gasteiger partial charge in [-0.3, -0.25) is 4.79 Å². The molecule has 0 radical (unpaired) electrons. The summed E-state index contributed by atoms with van der Waals surface area (Å²) in [6.07, 6.45) is 0. The number of hydrogen-bond acceptors (Lipinski definition) is 3. The van der Waals surface area contributed by atoms with E-state index in [2.05, 4.69) is 15.9 Å². The Balaban J connectivity index is 2.25. The van der Waals surface area contributed by atoms with Crippen molar-refractivity contribution in [3.05, 3.63) is 52.5 Å². The minimum absolute atomic E-state index is 0.0682. The zero-order valence-electron chi connectivity index (χ0n) is 10.6. The van der Waals surface area contributed by atoms with E-state index in [1.807, 2.05) is 42.5 Å². The summed E-state index contributed by atoms with van der Waals surface area (Å²) < 4.78 is 6.13. The molecule has 0 fully saturated rings. The van der Waals surface area contributed by atoms with Crippen molar-refractivity contribution in [3.8, 4) is 5.75 Å². The number of carbonyl (C=O) groups excluding carboxylic acids is 1. The van der Waals surface area contributed by atoms with Crippen LogP contribution in [0.3, 0.4) is 0 Å². The van der Waals surface area contributed by atoms with Crippen LogP contribution in [-0.4, -0.2) is 12.9 Å². The second-order valence-electron chi connectivity index (χ2n) is 3.98. The van der Waals surface area contributed by atoms with E-state index in [0.29, 0.717) is 5.56 Å². The molecule has 2 rings (SSSR count). The quantitative estimate of drug-likeness (QED) is 0.749. The first kappa shape index (κ1) is 14.2. The molecule has 0 atom stereocenters. The molecular formula is C15H13BrO2S. The Morgan fingerprint density at radius 2 is 2.00 bits per heavy atom. The van der Waals surface area contributed by atoms with Gasteiger partial charge >= 0.3 is 0 Å². The van der Waals surface area contributed by atoms with Crippen LogP contribution in [0.1, 0.15) is 17.3 Å². The molecule has 0 aromatic heterocycles. The number of rotatable bonds is 4. The van der Waals surface area contributed by atoms with E-state index in [0.717, 1.165) is 20.0 Å². The molecule has 0 amide bonds. The Labute approximate surface area is 125 Å². The van der Waals surface area contributed by atoms with Gasteiger partial charge in [-0.15, -0.1) is 0 Å². The highest BCUT2D eigenvalue weighted by molar-refractivity contribution is 9.10. The Morgan fingerprint density at radius 3 is 2.63 bits per heavy atom. The molecule has 2 nitrogen and oxygen atoms in total. The first-order valence-electron chi connectivity index (χ1n) is 5.72. The molecule has 98 valence electrons. The predicted octanol–water partition coefficient (Wildman–Crippen LogP) is 4.81. The monoisotopic (exact) mass is 336 g/mol. The van der Waals surface area contributed by atoms with Crippen LogP contribution in [0.4, 0.5) is 0 Å². The molecule has 4 heteroatoms. The zero-order chi connectivity index (χ0) is 13.8. The lowest BCUT2D eigenvalue weighted by Gasteiger charge is -2.07. The molecule has 0 spiro atoms. The van der Waals surface area contributed by atoms with Gasteiger partial charge in [0.05, 0.1) is 7.11 Å². The average Bonchev–Trinajstić information content (AvgIpc) is 2.41. The van der Waals surface area contributed by atoms with Crippen LogP contribution in [0.25, 0.3) is 0 Å². The summed E-state index contributed by atoms with van der Waals surface area (Å²) in [6, 6.07) is 13.5. The minimum Gasteiger partial charge on any atom is -0.497 e. The summed E-state index contributed by atoms with van der Waals surface area (Å²) in [4.78, 5) is 13.5. The summed E-state index contributed by atoms with van der Waals surface area (Å²) in [5.41, 5.74) is 0.710. The molecule has 0 bridgehead atoms. The largest absolute Gasteiger partial charge is 0.497 e. The topological polar surface area (TPSA) is 26.3 Å². The van der Waals surface area contributed by atoms with Gasteiger partial charge < -0.3 is 4.74 Å². The van der Waals surface area contributed by atoms with Crippen molar-refractivity contribution in [2.45, 2.75) is 16.7 Å². The SMILES string of the molecule is COc1cccc(Sc2ccc(C(C)=O)cc2Br)c1. The van der Waals surface area contributed by atoms with Crippen LogP contribution in [0.5, 0.6) is 5.75 Å². The third-order valence-electron chi connectivity index (χ3n) is 2.61. The summed E-state index contributed by atoms with van der Waals surface area (Å²) in [5.74, 6) is 0.903. The second kappa shape index (κ2) is 6.26. The van der Waals surface area contributed by atoms with Gasteiger partial charge in [-0.05, 0) is 53.2 Å². The van der Waals surface area contributed by atoms with Gasteiger partial charge in [0.2, 0.25) is 0 Å². The molecule has 0 heterocycles. The fourth-order valence-electron chi connectivity index (χ4n) is 1.59. The molecule has 0 N–H and O–H groups in total. The van der Waals surface area contributed by atoms with Crippen LogP contribution in [0.2, 0.25) is 0 Å². The van der Waals surface area contributed by atoms with Crippen molar-refractivity contribution in [1.82, 2.24) is 0 Å². The van der Waals surface area contributed by atoms with Crippen molar-refractivity contribution in [3.63, 3.8) is 0 Å². The van der Waals surface area contributed by atoms with Gasteiger partial charge in [0, 0.05) is 19.8 Å². The first-order chi connectivity index (χ1) is 9.10. The Morgan fingerprint density at radius 1 is 1.21 bits per heavy atom. The molecule has 0 saturated carbocycles. The highest BCUT2D eigenvalue weighted by atomic mass is 79.9. The Bertz CT molecular complexity index is 611. The predicted molar refractivity (Wildman–Crippen MR) is 81.3 cm³/mol. The maximum Gasteiger partial charge on any atom is 0.159 e. The van der Waals surface area contributed by atoms with Crippen molar-refractivity contribution in [1.29, 1.82) is 0 Å². The van der Waals surface area contributed by atoms with Crippen LogP contribution in [0, 0.1) is 0 Å². The van der Waals surface area contributed by atoms with Gasteiger partial charge in [-0.25, -0.2) is 0 Å². The van der Waals surface area contributed by atoms with Crippen molar-refractivity contribution in [2.24, 2.45) is 0 Å². The molecule has 2 aromatic rings. The number of Topliss-reactive ketones (excluding diaryl/α,β-unsaturated/α-hetero) is 1. The average molecular weight is 337 g/mol. The summed E-state index contributed by atoms with van der Waals surface area (Å²) in [7, 11) is 1.65. The molecule has 2 aromatic carbocycles. The fourth-order valence-corrected chi connectivity index (χ4v) is 3.08. The van der Waals surface area contributed by atoms with E-state index >= 15 is 0 Å². The fraction of sp³-hybridized carbons (Fsp3) is 0.133. The van der Waals surface area contributed by atoms with Crippen molar-refractivity contribution in [2.75, 3.05) is 7.11 Å². The van der Waals surface area contributed by atoms with Gasteiger partial charge in [0.1, 0.15) is 5.75 Å². The summed E-state index contributed by atoms with van der Waals surface area (Å²) >= 11 is 5.13. The first-order valence-corrected chi connectivity index (χ1v) is 7.33. The zero-order valence-corrected chi connectivity index (χ0v) is 13.0. The number of halogens is 1. The Hall–Kier alpha value is -1.26. The van der Waals surface area contributed by atoms with Crippen LogP contribution in [0.15, 0.2) is 56.7 Å². The lowest BCUT2D eigenvalue weighted by atomic mass is 10.2. The number of benzene rings is 2. The molecule has 19 heavy (non-hydrogen) atoms. The standard InChI is InChI=1S/C15H13BrO2S/c1-10(17)11-6-7-15(14(16)8-11)19-13-5-3-4-12(9-13)18-2/h3-9H,1-2H3. The van der Waals surface area contributed by atoms with E-state index in [1.165, 1.54) is 0 Å². The normalized spacial score (nSPS) is 10.3. The smallest absolute Gasteiger partial charge is 0.159 e. The molecule has 0 aliphatic carbocycles. The maximum atomic E-state index is 11.3. The lowest BCUT2D eigenvalue weighted by molar-refractivity contribution is 0.101. The minimum atomic E-state index is 0.0682. The van der Waals surface area contributed by atoms with Crippen LogP contribution >= 0.6 is 27.7 Å². The number of methoxy groups -OCH3 is 1. The molecule has 0 saturated heterocycles. The molecule has 0 aliphatic rings. The highest BCUT2D eigenvalue weighted by Gasteiger charge is 2.06. The van der Waals surface area contributed by atoms with Crippen LogP contribution < -0.4 is 4.74 Å². The molecular weight excluding hydrogens is 324 g/mol. The van der Waals surface area contributed by atoms with E-state index in [9.17, 15) is 4.79 Å². The van der Waals surface area contributed by atoms with Gasteiger partial charge in [0.25, 0.3) is 0 Å². The van der Waals surface area contributed by atoms with Gasteiger partial charge in [0.15, 0.2) is 5.78 Å². The summed E-state index contributed by atoms with van der Waals surface area (Å²) in [6.45, 7) is 1.57. The van der Waals surface area contributed by atoms with E-state index in [1.54, 1.807) is 25.8 Å². The van der Waals surface area contributed by atoms with Crippen molar-refractivity contribution < 1.29 is 9.53 Å². The van der Waals surface area contributed by atoms with Gasteiger partial charge in [-0.1, -0.05) is 23.9 Å². The number of hydrogen-bond donors (Lipinski definition) is 0. The third-order valence-corrected chi connectivity index (χ3v) is 4.59. The van der Waals surface area contributed by atoms with E-state index in [-0.39, 0.29) is 5.78 Å². The third kappa shape index (κ3) is 3.61. The van der Waals surface area contributed by atoms with Gasteiger partial charge in [-0.2, -0.15) is 0 Å². The number of ketones is 1. The number of ether oxygens (including phenoxy) is 1. The maximum absolute atomic E-state index is 11.3. The Kier molecular flexibility index (Phi) is 4.66. The lowest BCUT2D eigenvalue weighted by Crippen LogP contribution is -1.91. The molecule has 0 unspecified atom stereocenters. The highest BCUT2D eigenvalue weighted by Crippen LogP contribution is 2.35. The van der Waals surface area contributed by atoms with Crippen molar-refractivity contribution >= 4 is 33.5 Å². The second-order valence-corrected chi connectivity index (χ2v) is 5.95. The molecule has 0 aliphatic heterocycles. The number of carbonyl (C=O) groups is 1. The van der Waals surface area contributed by atoms with E-state index < -0.39 is 0 Å². The van der Waals surface area contributed by atoms with E-state index in [4.69, 9.17) is 4.74 Å².